The first kappa shape index (κ1) is 60.6. The van der Waals surface area contributed by atoms with E-state index in [2.05, 4.69) is 198 Å². The van der Waals surface area contributed by atoms with Gasteiger partial charge in [0.15, 0.2) is 0 Å². The lowest BCUT2D eigenvalue weighted by atomic mass is 9.60. The Morgan fingerprint density at radius 1 is 0.250 bits per heavy atom. The van der Waals surface area contributed by atoms with Gasteiger partial charge >= 0.3 is 0 Å². The summed E-state index contributed by atoms with van der Waals surface area (Å²) in [4.78, 5) is 16.8. The summed E-state index contributed by atoms with van der Waals surface area (Å²) in [6.45, 7) is 40.0. The van der Waals surface area contributed by atoms with Crippen LogP contribution in [0, 0.1) is 10.8 Å². The molecule has 360 valence electrons. The third-order valence-corrected chi connectivity index (χ3v) is 12.6. The molecule has 0 amide bonds. The van der Waals surface area contributed by atoms with Crippen molar-refractivity contribution in [2.24, 2.45) is 10.8 Å². The van der Waals surface area contributed by atoms with Crippen molar-refractivity contribution in [3.05, 3.63) is 140 Å². The summed E-state index contributed by atoms with van der Waals surface area (Å²) in [5.74, 6) is 0.449. The van der Waals surface area contributed by atoms with Crippen LogP contribution in [-0.4, -0.2) is 5.78 Å². The van der Waals surface area contributed by atoms with Gasteiger partial charge in [0.25, 0.3) is 0 Å². The maximum Gasteiger partial charge on any atom is 0.147 e. The minimum absolute atomic E-state index is 0.449. The number of hydrogen-bond donors (Lipinski definition) is 0. The van der Waals surface area contributed by atoms with Crippen LogP contribution in [0.1, 0.15) is 240 Å². The fraction of sp³-hybridized carbons (Fsp3) is 0.603. The van der Waals surface area contributed by atoms with Gasteiger partial charge in [-0.2, -0.15) is 0 Å². The van der Waals surface area contributed by atoms with E-state index in [0.29, 0.717) is 5.78 Å². The van der Waals surface area contributed by atoms with Crippen molar-refractivity contribution in [3.8, 4) is 0 Å². The monoisotopic (exact) mass is 875 g/mol. The molecule has 0 radical (unpaired) electrons. The summed E-state index contributed by atoms with van der Waals surface area (Å²) in [5.41, 5.74) is 15.3. The van der Waals surface area contributed by atoms with Crippen molar-refractivity contribution in [2.75, 3.05) is 0 Å². The van der Waals surface area contributed by atoms with Crippen molar-refractivity contribution in [2.45, 2.75) is 240 Å². The van der Waals surface area contributed by atoms with Gasteiger partial charge in [-0.25, -0.2) is 0 Å². The number of hydrogen-bond acceptors (Lipinski definition) is 1. The first-order valence-corrected chi connectivity index (χ1v) is 25.3. The fourth-order valence-corrected chi connectivity index (χ4v) is 7.98. The van der Waals surface area contributed by atoms with Crippen molar-refractivity contribution in [3.63, 3.8) is 0 Å². The maximum absolute atomic E-state index is 16.8. The zero-order chi connectivity index (χ0) is 48.7. The zero-order valence-corrected chi connectivity index (χ0v) is 45.6. The van der Waals surface area contributed by atoms with Crippen LogP contribution in [0.4, 0.5) is 0 Å². The van der Waals surface area contributed by atoms with Crippen LogP contribution in [0.15, 0.2) is 140 Å². The third kappa shape index (κ3) is 29.9. The molecule has 0 aromatic carbocycles. The predicted molar refractivity (Wildman–Crippen MR) is 292 cm³/mol. The standard InChI is InChI=1S/C63H102O/c1-49(2)25-19-31-55(13)37-43-62(44-38-56(14)32-20-26-50(3)4,45-39-57(15)33-21-27-51(5)6)61(64)63(46-40-58(16)34-22-28-52(7)8,47-41-59(17)35-23-29-53(9)10)48-42-60(18)36-24-30-54(11)12/h25-30,37-42H,19-24,31-36,43-48H2,1-18H3. The van der Waals surface area contributed by atoms with E-state index in [0.717, 1.165) is 116 Å². The highest BCUT2D eigenvalue weighted by atomic mass is 16.1. The Kier molecular flexibility index (Phi) is 32.1. The van der Waals surface area contributed by atoms with Crippen molar-refractivity contribution < 1.29 is 4.79 Å². The smallest absolute Gasteiger partial charge is 0.147 e. The molecule has 0 aromatic heterocycles. The highest BCUT2D eigenvalue weighted by Gasteiger charge is 2.47. The molecule has 0 aliphatic rings. The van der Waals surface area contributed by atoms with E-state index in [-0.39, 0.29) is 0 Å². The average molecular weight is 876 g/mol. The first-order valence-electron chi connectivity index (χ1n) is 25.3. The second-order valence-corrected chi connectivity index (χ2v) is 21.3. The summed E-state index contributed by atoms with van der Waals surface area (Å²) in [6.07, 6.45) is 45.7. The molecule has 1 heteroatoms. The Labute approximate surface area is 399 Å². The molecule has 0 rings (SSSR count). The largest absolute Gasteiger partial charge is 0.298 e. The number of carbonyl (C=O) groups excluding carboxylic acids is 1. The first-order chi connectivity index (χ1) is 30.0. The van der Waals surface area contributed by atoms with Crippen LogP contribution in [0.2, 0.25) is 0 Å². The minimum Gasteiger partial charge on any atom is -0.298 e. The summed E-state index contributed by atoms with van der Waals surface area (Å²) >= 11 is 0. The summed E-state index contributed by atoms with van der Waals surface area (Å²) in [7, 11) is 0. The SMILES string of the molecule is CC(C)=CCCC(C)=CCC(CC=C(C)CCC=C(C)C)(CC=C(C)CCC=C(C)C)C(=O)C(CC=C(C)CCC=C(C)C)(CC=C(C)CCC=C(C)C)CC=C(C)CCC=C(C)C. The Morgan fingerprint density at radius 3 is 0.516 bits per heavy atom. The molecule has 0 aliphatic carbocycles. The second kappa shape index (κ2) is 33.9. The number of ketones is 1. The minimum atomic E-state index is -0.593. The van der Waals surface area contributed by atoms with Crippen molar-refractivity contribution in [1.29, 1.82) is 0 Å². The summed E-state index contributed by atoms with van der Waals surface area (Å²) in [6, 6.07) is 0. The predicted octanol–water partition coefficient (Wildman–Crippen LogP) is 21.0. The molecule has 0 atom stereocenters. The topological polar surface area (TPSA) is 17.1 Å². The van der Waals surface area contributed by atoms with Crippen molar-refractivity contribution >= 4 is 5.78 Å². The molecule has 0 bridgehead atoms. The van der Waals surface area contributed by atoms with E-state index in [1.807, 2.05) is 0 Å². The van der Waals surface area contributed by atoms with Crippen LogP contribution in [0.3, 0.4) is 0 Å². The van der Waals surface area contributed by atoms with Crippen LogP contribution in [0.25, 0.3) is 0 Å². The number of carbonyl (C=O) groups is 1. The lowest BCUT2D eigenvalue weighted by Gasteiger charge is -2.41. The molecular formula is C63H102O. The van der Waals surface area contributed by atoms with E-state index < -0.39 is 10.8 Å². The third-order valence-electron chi connectivity index (χ3n) is 12.6. The molecule has 0 aliphatic heterocycles. The van der Waals surface area contributed by atoms with Crippen LogP contribution >= 0.6 is 0 Å². The van der Waals surface area contributed by atoms with Gasteiger partial charge in [0.05, 0.1) is 0 Å². The van der Waals surface area contributed by atoms with E-state index in [4.69, 9.17) is 0 Å². The van der Waals surface area contributed by atoms with Gasteiger partial charge < -0.3 is 0 Å². The quantitative estimate of drug-likeness (QED) is 0.0616. The van der Waals surface area contributed by atoms with Crippen molar-refractivity contribution in [1.82, 2.24) is 0 Å². The summed E-state index contributed by atoms with van der Waals surface area (Å²) in [5, 5.41) is 0. The summed E-state index contributed by atoms with van der Waals surface area (Å²) < 4.78 is 0. The van der Waals surface area contributed by atoms with Gasteiger partial charge in [-0.05, 0) is 240 Å². The normalized spacial score (nSPS) is 14.8. The zero-order valence-electron chi connectivity index (χ0n) is 45.6. The van der Waals surface area contributed by atoms with Gasteiger partial charge in [0, 0.05) is 10.8 Å². The fourth-order valence-electron chi connectivity index (χ4n) is 7.98. The number of rotatable bonds is 32. The van der Waals surface area contributed by atoms with E-state index >= 15 is 4.79 Å². The molecule has 1 nitrogen and oxygen atoms in total. The molecule has 0 N–H and O–H groups in total. The Balaban J connectivity index is 8.39. The van der Waals surface area contributed by atoms with Gasteiger partial charge in [-0.1, -0.05) is 140 Å². The highest BCUT2D eigenvalue weighted by molar-refractivity contribution is 5.91. The molecule has 64 heavy (non-hydrogen) atoms. The second-order valence-electron chi connectivity index (χ2n) is 21.3. The van der Waals surface area contributed by atoms with Gasteiger partial charge in [0.1, 0.15) is 5.78 Å². The Bertz CT molecular complexity index is 1440. The van der Waals surface area contributed by atoms with Gasteiger partial charge in [0.2, 0.25) is 0 Å². The average Bonchev–Trinajstić information content (AvgIpc) is 3.19. The molecule has 0 unspecified atom stereocenters. The van der Waals surface area contributed by atoms with E-state index in [9.17, 15) is 0 Å². The van der Waals surface area contributed by atoms with Crippen LogP contribution in [-0.2, 0) is 4.79 Å². The highest BCUT2D eigenvalue weighted by Crippen LogP contribution is 2.48. The van der Waals surface area contributed by atoms with Crippen LogP contribution in [0.5, 0.6) is 0 Å². The van der Waals surface area contributed by atoms with Gasteiger partial charge in [-0.3, -0.25) is 4.79 Å². The van der Waals surface area contributed by atoms with E-state index in [1.165, 1.54) is 66.9 Å². The number of Topliss-reactive ketones (excluding diaryl/α,β-unsaturated/α-hetero) is 1. The van der Waals surface area contributed by atoms with E-state index in [1.54, 1.807) is 0 Å². The van der Waals surface area contributed by atoms with Gasteiger partial charge in [-0.15, -0.1) is 0 Å². The molecule has 0 saturated carbocycles. The molecule has 0 saturated heterocycles. The lowest BCUT2D eigenvalue weighted by molar-refractivity contribution is -0.139. The molecule has 0 fully saturated rings. The molecule has 0 heterocycles. The molecule has 0 spiro atoms. The van der Waals surface area contributed by atoms with Crippen LogP contribution < -0.4 is 0 Å². The Morgan fingerprint density at radius 2 is 0.391 bits per heavy atom. The Hall–Kier alpha value is -3.45. The lowest BCUT2D eigenvalue weighted by Crippen LogP contribution is -2.43. The molecule has 0 aromatic rings. The number of allylic oxidation sites excluding steroid dienone is 24. The maximum atomic E-state index is 16.8. The molecular weight excluding hydrogens is 773 g/mol.